The van der Waals surface area contributed by atoms with Gasteiger partial charge in [0, 0.05) is 47.7 Å². The molecule has 0 saturated carbocycles. The quantitative estimate of drug-likeness (QED) is 0.317. The smallest absolute Gasteiger partial charge is 0.187 e. The summed E-state index contributed by atoms with van der Waals surface area (Å²) in [7, 11) is -3.57. The Morgan fingerprint density at radius 2 is 1.53 bits per heavy atom. The van der Waals surface area contributed by atoms with Crippen LogP contribution in [0.25, 0.3) is 38.0 Å². The average Bonchev–Trinajstić information content (AvgIpc) is 2.86. The average molecular weight is 498 g/mol. The lowest BCUT2D eigenvalue weighted by molar-refractivity contribution is -0.00521. The lowest BCUT2D eigenvalue weighted by Gasteiger charge is -2.36. The number of fused-ring (bicyclic) bond motifs is 1. The number of hydrogen-bond acceptors (Lipinski definition) is 5. The van der Waals surface area contributed by atoms with E-state index in [2.05, 4.69) is 23.6 Å². The van der Waals surface area contributed by atoms with Crippen LogP contribution in [0.1, 0.15) is 13.8 Å². The van der Waals surface area contributed by atoms with E-state index >= 15 is 0 Å². The first-order valence-electron chi connectivity index (χ1n) is 11.8. The van der Waals surface area contributed by atoms with Crippen molar-refractivity contribution in [3.8, 4) is 22.3 Å². The standard InChI is InChI=1S/C29H27N3O3S/c1-19-17-32(18-20(2)35-19)24-14-10-22(11-15-24)27-16-31-28-25(21-8-12-23(30-3)13-9-21)6-5-7-26(28)29(27)36(4,33)34/h5-16,19-20H,17-18H2,1-2,4H3/t19-,20+. The molecule has 0 spiro atoms. The Hall–Kier alpha value is -3.73. The highest BCUT2D eigenvalue weighted by Crippen LogP contribution is 2.37. The van der Waals surface area contributed by atoms with Crippen LogP contribution >= 0.6 is 0 Å². The number of benzene rings is 3. The summed E-state index contributed by atoms with van der Waals surface area (Å²) in [6.45, 7) is 13.0. The highest BCUT2D eigenvalue weighted by Gasteiger charge is 2.24. The van der Waals surface area contributed by atoms with Gasteiger partial charge in [0.2, 0.25) is 0 Å². The van der Waals surface area contributed by atoms with E-state index in [9.17, 15) is 8.42 Å². The monoisotopic (exact) mass is 497 g/mol. The molecule has 3 aromatic carbocycles. The summed E-state index contributed by atoms with van der Waals surface area (Å²) < 4.78 is 32.0. The van der Waals surface area contributed by atoms with E-state index in [1.165, 1.54) is 6.26 Å². The van der Waals surface area contributed by atoms with Crippen LogP contribution in [0.4, 0.5) is 11.4 Å². The highest BCUT2D eigenvalue weighted by molar-refractivity contribution is 7.91. The minimum atomic E-state index is -3.57. The van der Waals surface area contributed by atoms with Gasteiger partial charge in [-0.05, 0) is 37.1 Å². The predicted octanol–water partition coefficient (Wildman–Crippen LogP) is 6.14. The summed E-state index contributed by atoms with van der Waals surface area (Å²) in [5.74, 6) is 0. The summed E-state index contributed by atoms with van der Waals surface area (Å²) >= 11 is 0. The Balaban J connectivity index is 1.61. The SMILES string of the molecule is [C-]#[N+]c1ccc(-c2cccc3c(S(C)(=O)=O)c(-c4ccc(N5C[C@@H](C)O[C@@H](C)C5)cc4)cnc23)cc1. The maximum atomic E-state index is 13.1. The van der Waals surface area contributed by atoms with Crippen LogP contribution in [0.2, 0.25) is 0 Å². The van der Waals surface area contributed by atoms with Crippen LogP contribution in [0.3, 0.4) is 0 Å². The third kappa shape index (κ3) is 4.58. The molecule has 4 aromatic rings. The van der Waals surface area contributed by atoms with E-state index in [1.807, 2.05) is 54.6 Å². The molecule has 0 aliphatic carbocycles. The van der Waals surface area contributed by atoms with Crippen molar-refractivity contribution in [1.82, 2.24) is 4.98 Å². The van der Waals surface area contributed by atoms with Gasteiger partial charge in [-0.2, -0.15) is 0 Å². The number of aromatic nitrogens is 1. The normalized spacial score (nSPS) is 18.2. The van der Waals surface area contributed by atoms with Crippen LogP contribution in [0.15, 0.2) is 77.8 Å². The molecule has 1 saturated heterocycles. The van der Waals surface area contributed by atoms with Crippen molar-refractivity contribution < 1.29 is 13.2 Å². The van der Waals surface area contributed by atoms with Gasteiger partial charge < -0.3 is 9.64 Å². The van der Waals surface area contributed by atoms with E-state index in [1.54, 1.807) is 18.3 Å². The minimum absolute atomic E-state index is 0.154. The molecule has 0 N–H and O–H groups in total. The Kier molecular flexibility index (Phi) is 6.25. The van der Waals surface area contributed by atoms with Crippen LogP contribution in [-0.2, 0) is 14.6 Å². The second kappa shape index (κ2) is 9.38. The lowest BCUT2D eigenvalue weighted by atomic mass is 9.99. The van der Waals surface area contributed by atoms with E-state index in [-0.39, 0.29) is 17.1 Å². The zero-order valence-corrected chi connectivity index (χ0v) is 21.3. The second-order valence-corrected chi connectivity index (χ2v) is 11.3. The van der Waals surface area contributed by atoms with Crippen LogP contribution in [0, 0.1) is 6.57 Å². The number of rotatable bonds is 4. The number of morpholine rings is 1. The number of anilines is 1. The van der Waals surface area contributed by atoms with Crippen molar-refractivity contribution in [1.29, 1.82) is 0 Å². The molecule has 2 atom stereocenters. The molecule has 1 aliphatic heterocycles. The third-order valence-electron chi connectivity index (χ3n) is 6.49. The largest absolute Gasteiger partial charge is 0.372 e. The molecule has 1 fully saturated rings. The van der Waals surface area contributed by atoms with Crippen molar-refractivity contribution in [2.24, 2.45) is 0 Å². The first kappa shape index (κ1) is 24.0. The van der Waals surface area contributed by atoms with Gasteiger partial charge in [-0.15, -0.1) is 0 Å². The summed E-state index contributed by atoms with van der Waals surface area (Å²) in [6.07, 6.45) is 3.21. The first-order chi connectivity index (χ1) is 17.2. The van der Waals surface area contributed by atoms with E-state index in [4.69, 9.17) is 16.3 Å². The van der Waals surface area contributed by atoms with Crippen LogP contribution in [-0.4, -0.2) is 45.0 Å². The Bertz CT molecular complexity index is 1560. The zero-order chi connectivity index (χ0) is 25.4. The Morgan fingerprint density at radius 1 is 0.917 bits per heavy atom. The third-order valence-corrected chi connectivity index (χ3v) is 7.67. The topological polar surface area (TPSA) is 63.9 Å². The van der Waals surface area contributed by atoms with Gasteiger partial charge in [-0.25, -0.2) is 13.3 Å². The Labute approximate surface area is 211 Å². The number of hydrogen-bond donors (Lipinski definition) is 0. The number of para-hydroxylation sites is 1. The number of ether oxygens (including phenoxy) is 1. The van der Waals surface area contributed by atoms with Gasteiger partial charge in [0.1, 0.15) is 0 Å². The maximum Gasteiger partial charge on any atom is 0.187 e. The number of pyridine rings is 1. The molecule has 0 amide bonds. The van der Waals surface area contributed by atoms with Crippen molar-refractivity contribution in [2.45, 2.75) is 31.0 Å². The molecule has 0 unspecified atom stereocenters. The molecule has 7 heteroatoms. The lowest BCUT2D eigenvalue weighted by Crippen LogP contribution is -2.45. The number of nitrogens with zero attached hydrogens (tertiary/aromatic N) is 3. The van der Waals surface area contributed by atoms with Crippen molar-refractivity contribution in [3.63, 3.8) is 0 Å². The summed E-state index contributed by atoms with van der Waals surface area (Å²) in [5.41, 5.74) is 5.34. The molecular formula is C29H27N3O3S. The summed E-state index contributed by atoms with van der Waals surface area (Å²) in [6, 6.07) is 20.8. The predicted molar refractivity (Wildman–Crippen MR) is 144 cm³/mol. The highest BCUT2D eigenvalue weighted by atomic mass is 32.2. The van der Waals surface area contributed by atoms with E-state index < -0.39 is 9.84 Å². The molecule has 0 bridgehead atoms. The molecule has 1 aliphatic rings. The van der Waals surface area contributed by atoms with Gasteiger partial charge in [-0.3, -0.25) is 4.98 Å². The molecule has 6 nitrogen and oxygen atoms in total. The fraction of sp³-hybridized carbons (Fsp3) is 0.241. The number of sulfone groups is 1. The molecule has 36 heavy (non-hydrogen) atoms. The van der Waals surface area contributed by atoms with Crippen LogP contribution in [0.5, 0.6) is 0 Å². The van der Waals surface area contributed by atoms with Crippen LogP contribution < -0.4 is 4.90 Å². The minimum Gasteiger partial charge on any atom is -0.372 e. The fourth-order valence-electron chi connectivity index (χ4n) is 4.99. The molecular weight excluding hydrogens is 470 g/mol. The van der Waals surface area contributed by atoms with E-state index in [0.717, 1.165) is 35.5 Å². The van der Waals surface area contributed by atoms with Crippen molar-refractivity contribution in [3.05, 3.63) is 84.3 Å². The molecule has 5 rings (SSSR count). The van der Waals surface area contributed by atoms with Gasteiger partial charge >= 0.3 is 0 Å². The molecule has 2 heterocycles. The van der Waals surface area contributed by atoms with Gasteiger partial charge in [0.15, 0.2) is 15.5 Å². The summed E-state index contributed by atoms with van der Waals surface area (Å²) in [5, 5.41) is 0.585. The van der Waals surface area contributed by atoms with Crippen molar-refractivity contribution in [2.75, 3.05) is 24.2 Å². The molecule has 182 valence electrons. The fourth-order valence-corrected chi connectivity index (χ4v) is 6.13. The molecule has 1 aromatic heterocycles. The van der Waals surface area contributed by atoms with E-state index in [0.29, 0.717) is 22.2 Å². The van der Waals surface area contributed by atoms with Crippen molar-refractivity contribution >= 4 is 32.1 Å². The zero-order valence-electron chi connectivity index (χ0n) is 20.5. The summed E-state index contributed by atoms with van der Waals surface area (Å²) in [4.78, 5) is 10.7. The van der Waals surface area contributed by atoms with Gasteiger partial charge in [0.25, 0.3) is 0 Å². The van der Waals surface area contributed by atoms with Gasteiger partial charge in [0.05, 0.1) is 29.2 Å². The first-order valence-corrected chi connectivity index (χ1v) is 13.7. The maximum absolute atomic E-state index is 13.1. The second-order valence-electron chi connectivity index (χ2n) is 9.34. The Morgan fingerprint density at radius 3 is 2.14 bits per heavy atom. The molecule has 0 radical (unpaired) electrons. The van der Waals surface area contributed by atoms with Gasteiger partial charge in [-0.1, -0.05) is 54.6 Å².